The van der Waals surface area contributed by atoms with Crippen molar-refractivity contribution < 1.29 is 9.66 Å². The van der Waals surface area contributed by atoms with Gasteiger partial charge in [-0.1, -0.05) is 0 Å². The molecule has 0 fully saturated rings. The van der Waals surface area contributed by atoms with E-state index < -0.39 is 4.92 Å². The maximum Gasteiger partial charge on any atom is 0.330 e. The molecule has 84 valence electrons. The summed E-state index contributed by atoms with van der Waals surface area (Å²) in [5.41, 5.74) is -0.129. The molecule has 16 heavy (non-hydrogen) atoms. The van der Waals surface area contributed by atoms with Gasteiger partial charge in [-0.15, -0.1) is 0 Å². The first-order chi connectivity index (χ1) is 7.60. The molecule has 8 nitrogen and oxygen atoms in total. The fraction of sp³-hybridized carbons (Fsp3) is 0.125. The van der Waals surface area contributed by atoms with E-state index in [2.05, 4.69) is 10.1 Å². The SMILES string of the molecule is COc1nc(C(=N)/C=N\N)ccc1[N+](=O)[O-]. The highest BCUT2D eigenvalue weighted by Crippen LogP contribution is 2.23. The molecule has 0 spiro atoms. The minimum atomic E-state index is -0.615. The van der Waals surface area contributed by atoms with Gasteiger partial charge in [-0.25, -0.2) is 4.98 Å². The largest absolute Gasteiger partial charge is 0.476 e. The molecule has 3 N–H and O–H groups in total. The normalized spacial score (nSPS) is 10.3. The second-order valence-electron chi connectivity index (χ2n) is 2.67. The van der Waals surface area contributed by atoms with Crippen molar-refractivity contribution >= 4 is 17.6 Å². The van der Waals surface area contributed by atoms with Gasteiger partial charge in [0.15, 0.2) is 0 Å². The molecule has 0 aliphatic rings. The molecule has 0 saturated carbocycles. The third-order valence-corrected chi connectivity index (χ3v) is 1.71. The maximum absolute atomic E-state index is 10.6. The zero-order valence-corrected chi connectivity index (χ0v) is 8.38. The number of ether oxygens (including phenoxy) is 1. The van der Waals surface area contributed by atoms with Gasteiger partial charge in [-0.2, -0.15) is 5.10 Å². The lowest BCUT2D eigenvalue weighted by atomic mass is 10.2. The summed E-state index contributed by atoms with van der Waals surface area (Å²) in [7, 11) is 1.26. The Morgan fingerprint density at radius 2 is 2.44 bits per heavy atom. The van der Waals surface area contributed by atoms with Gasteiger partial charge in [-0.3, -0.25) is 15.5 Å². The van der Waals surface area contributed by atoms with Crippen molar-refractivity contribution in [3.8, 4) is 5.88 Å². The molecule has 0 aliphatic carbocycles. The van der Waals surface area contributed by atoms with Crippen LogP contribution in [0, 0.1) is 15.5 Å². The zero-order valence-electron chi connectivity index (χ0n) is 8.38. The molecule has 1 aromatic heterocycles. The number of hydrogen-bond donors (Lipinski definition) is 2. The highest BCUT2D eigenvalue weighted by atomic mass is 16.6. The van der Waals surface area contributed by atoms with Crippen LogP contribution in [0.1, 0.15) is 5.69 Å². The van der Waals surface area contributed by atoms with Gasteiger partial charge < -0.3 is 10.6 Å². The molecular formula is C8H9N5O3. The van der Waals surface area contributed by atoms with E-state index >= 15 is 0 Å². The van der Waals surface area contributed by atoms with E-state index in [9.17, 15) is 10.1 Å². The quantitative estimate of drug-likeness (QED) is 0.328. The molecule has 0 bridgehead atoms. The predicted octanol–water partition coefficient (Wildman–Crippen LogP) is 0.311. The number of pyridine rings is 1. The van der Waals surface area contributed by atoms with Crippen molar-refractivity contribution in [2.75, 3.05) is 7.11 Å². The summed E-state index contributed by atoms with van der Waals surface area (Å²) in [6.07, 6.45) is 1.08. The van der Waals surface area contributed by atoms with Crippen LogP contribution in [0.2, 0.25) is 0 Å². The average Bonchev–Trinajstić information content (AvgIpc) is 2.28. The standard InChI is InChI=1S/C8H9N5O3/c1-16-8-7(13(14)15)3-2-6(12-8)5(9)4-11-10/h2-4,9H,10H2,1H3/b9-5?,11-4-. The summed E-state index contributed by atoms with van der Waals surface area (Å²) in [5, 5.41) is 21.2. The molecular weight excluding hydrogens is 214 g/mol. The molecule has 0 unspecified atom stereocenters. The summed E-state index contributed by atoms with van der Waals surface area (Å²) in [5.74, 6) is 4.72. The van der Waals surface area contributed by atoms with Gasteiger partial charge in [0.25, 0.3) is 5.88 Å². The monoisotopic (exact) mass is 223 g/mol. The van der Waals surface area contributed by atoms with Crippen LogP contribution in [-0.2, 0) is 0 Å². The Bertz CT molecular complexity index is 457. The average molecular weight is 223 g/mol. The van der Waals surface area contributed by atoms with Crippen LogP contribution in [0.5, 0.6) is 5.88 Å². The summed E-state index contributed by atoms with van der Waals surface area (Å²) in [4.78, 5) is 13.8. The van der Waals surface area contributed by atoms with E-state index in [-0.39, 0.29) is 23.0 Å². The molecule has 0 radical (unpaired) electrons. The van der Waals surface area contributed by atoms with Crippen LogP contribution in [0.4, 0.5) is 5.69 Å². The van der Waals surface area contributed by atoms with Crippen molar-refractivity contribution in [2.24, 2.45) is 10.9 Å². The third kappa shape index (κ3) is 2.29. The Labute approximate surface area is 90.4 Å². The van der Waals surface area contributed by atoms with E-state index in [0.29, 0.717) is 0 Å². The number of aromatic nitrogens is 1. The van der Waals surface area contributed by atoms with E-state index in [1.165, 1.54) is 19.2 Å². The van der Waals surface area contributed by atoms with Crippen molar-refractivity contribution in [1.82, 2.24) is 4.98 Å². The van der Waals surface area contributed by atoms with E-state index in [1.807, 2.05) is 0 Å². The zero-order chi connectivity index (χ0) is 12.1. The Balaban J connectivity index is 3.18. The Morgan fingerprint density at radius 1 is 1.75 bits per heavy atom. The number of hydrazone groups is 1. The maximum atomic E-state index is 10.6. The number of methoxy groups -OCH3 is 1. The lowest BCUT2D eigenvalue weighted by Crippen LogP contribution is -2.07. The van der Waals surface area contributed by atoms with Gasteiger partial charge in [0.1, 0.15) is 0 Å². The van der Waals surface area contributed by atoms with E-state index in [1.54, 1.807) is 0 Å². The van der Waals surface area contributed by atoms with Gasteiger partial charge in [0.05, 0.1) is 29.7 Å². The molecule has 0 aliphatic heterocycles. The molecule has 1 aromatic rings. The van der Waals surface area contributed by atoms with Crippen molar-refractivity contribution in [2.45, 2.75) is 0 Å². The first kappa shape index (κ1) is 11.6. The number of nitro groups is 1. The molecule has 0 aromatic carbocycles. The van der Waals surface area contributed by atoms with Gasteiger partial charge in [0, 0.05) is 6.07 Å². The summed E-state index contributed by atoms with van der Waals surface area (Å²) in [6.45, 7) is 0. The predicted molar refractivity (Wildman–Crippen MR) is 57.0 cm³/mol. The van der Waals surface area contributed by atoms with Crippen molar-refractivity contribution in [3.05, 3.63) is 27.9 Å². The van der Waals surface area contributed by atoms with Crippen LogP contribution >= 0.6 is 0 Å². The second-order valence-corrected chi connectivity index (χ2v) is 2.67. The van der Waals surface area contributed by atoms with Crippen LogP contribution in [-0.4, -0.2) is 28.9 Å². The van der Waals surface area contributed by atoms with E-state index in [0.717, 1.165) is 6.21 Å². The fourth-order valence-corrected chi connectivity index (χ4v) is 1.01. The molecule has 0 atom stereocenters. The third-order valence-electron chi connectivity index (χ3n) is 1.71. The molecule has 8 heteroatoms. The lowest BCUT2D eigenvalue weighted by Gasteiger charge is -2.02. The molecule has 1 rings (SSSR count). The highest BCUT2D eigenvalue weighted by Gasteiger charge is 2.17. The smallest absolute Gasteiger partial charge is 0.330 e. The number of nitrogens with one attached hydrogen (secondary N) is 1. The van der Waals surface area contributed by atoms with Crippen molar-refractivity contribution in [1.29, 1.82) is 5.41 Å². The van der Waals surface area contributed by atoms with Gasteiger partial charge in [-0.05, 0) is 6.07 Å². The minimum absolute atomic E-state index is 0.0595. The molecule has 0 amide bonds. The number of hydrogen-bond acceptors (Lipinski definition) is 7. The Morgan fingerprint density at radius 3 is 2.94 bits per heavy atom. The first-order valence-corrected chi connectivity index (χ1v) is 4.11. The summed E-state index contributed by atoms with van der Waals surface area (Å²) < 4.78 is 4.75. The summed E-state index contributed by atoms with van der Waals surface area (Å²) in [6, 6.07) is 2.53. The lowest BCUT2D eigenvalue weighted by molar-refractivity contribution is -0.386. The highest BCUT2D eigenvalue weighted by molar-refractivity contribution is 6.36. The number of nitrogens with zero attached hydrogens (tertiary/aromatic N) is 3. The van der Waals surface area contributed by atoms with Crippen LogP contribution < -0.4 is 10.6 Å². The second kappa shape index (κ2) is 4.82. The van der Waals surface area contributed by atoms with Gasteiger partial charge >= 0.3 is 5.69 Å². The van der Waals surface area contributed by atoms with Gasteiger partial charge in [0.2, 0.25) is 0 Å². The van der Waals surface area contributed by atoms with Crippen LogP contribution in [0.25, 0.3) is 0 Å². The summed E-state index contributed by atoms with van der Waals surface area (Å²) >= 11 is 0. The Kier molecular flexibility index (Phi) is 3.49. The first-order valence-electron chi connectivity index (χ1n) is 4.11. The number of rotatable bonds is 4. The minimum Gasteiger partial charge on any atom is -0.476 e. The molecule has 0 saturated heterocycles. The van der Waals surface area contributed by atoms with Crippen molar-refractivity contribution in [3.63, 3.8) is 0 Å². The molecule has 1 heterocycles. The topological polar surface area (TPSA) is 127 Å². The van der Waals surface area contributed by atoms with Crippen LogP contribution in [0.3, 0.4) is 0 Å². The Hall–Kier alpha value is -2.51. The van der Waals surface area contributed by atoms with Crippen LogP contribution in [0.15, 0.2) is 17.2 Å². The fourth-order valence-electron chi connectivity index (χ4n) is 1.01. The number of nitrogens with two attached hydrogens (primary N) is 1. The van der Waals surface area contributed by atoms with E-state index in [4.69, 9.17) is 16.0 Å².